The number of nitrogens with one attached hydrogen (secondary N) is 1. The molecule has 33 heavy (non-hydrogen) atoms. The molecule has 1 N–H and O–H groups in total. The Morgan fingerprint density at radius 1 is 0.970 bits per heavy atom. The van der Waals surface area contributed by atoms with Gasteiger partial charge in [-0.2, -0.15) is 5.10 Å². The summed E-state index contributed by atoms with van der Waals surface area (Å²) in [6.45, 7) is 1.12. The normalized spacial score (nSPS) is 10.7. The molecule has 8 nitrogen and oxygen atoms in total. The molecule has 0 spiro atoms. The molecule has 1 heterocycles. The zero-order valence-electron chi connectivity index (χ0n) is 19.6. The number of rotatable bonds is 12. The molecule has 0 aliphatic heterocycles. The monoisotopic (exact) mass is 453 g/mol. The fourth-order valence-electron chi connectivity index (χ4n) is 3.42. The van der Waals surface area contributed by atoms with Crippen molar-refractivity contribution in [2.75, 3.05) is 39.9 Å². The Hall–Kier alpha value is -3.52. The lowest BCUT2D eigenvalue weighted by molar-refractivity contribution is 0.102. The predicted octanol–water partition coefficient (Wildman–Crippen LogP) is 3.89. The van der Waals surface area contributed by atoms with Crippen LogP contribution in [0.4, 0.5) is 5.82 Å². The van der Waals surface area contributed by atoms with Gasteiger partial charge < -0.3 is 24.3 Å². The van der Waals surface area contributed by atoms with E-state index < -0.39 is 0 Å². The molecule has 0 atom stereocenters. The second-order valence-corrected chi connectivity index (χ2v) is 7.57. The Balaban J connectivity index is 1.78. The summed E-state index contributed by atoms with van der Waals surface area (Å²) in [5.74, 6) is 2.43. The number of carbonyl (C=O) groups is 1. The van der Waals surface area contributed by atoms with Gasteiger partial charge in [0.15, 0.2) is 5.82 Å². The largest absolute Gasteiger partial charge is 0.497 e. The molecule has 0 bridgehead atoms. The summed E-state index contributed by atoms with van der Waals surface area (Å²) in [5, 5.41) is 7.05. The van der Waals surface area contributed by atoms with Gasteiger partial charge in [0.1, 0.15) is 17.2 Å². The van der Waals surface area contributed by atoms with Crippen LogP contribution in [0.2, 0.25) is 0 Å². The van der Waals surface area contributed by atoms with Crippen molar-refractivity contribution in [3.63, 3.8) is 0 Å². The van der Waals surface area contributed by atoms with E-state index in [-0.39, 0.29) is 5.91 Å². The second-order valence-electron chi connectivity index (χ2n) is 7.57. The number of carbonyl (C=O) groups excluding carboxylic acids is 1. The molecular formula is C25H31N3O5. The third-order valence-electron chi connectivity index (χ3n) is 5.12. The van der Waals surface area contributed by atoms with Crippen molar-refractivity contribution in [2.24, 2.45) is 7.05 Å². The molecule has 0 aliphatic carbocycles. The van der Waals surface area contributed by atoms with E-state index in [1.165, 1.54) is 0 Å². The standard InChI is InChI=1S/C25H31N3O5/c1-28-11-10-24(27-28)26-25(29)20-14-18(15-22(16-20)33-13-5-12-30-2)6-7-19-8-9-21(31-3)17-23(19)32-4/h8-11,14-17H,5-7,12-13H2,1-4H3,(H,26,27,29). The van der Waals surface area contributed by atoms with Gasteiger partial charge in [-0.3, -0.25) is 9.48 Å². The minimum Gasteiger partial charge on any atom is -0.497 e. The first-order valence-corrected chi connectivity index (χ1v) is 10.8. The molecule has 0 saturated heterocycles. The van der Waals surface area contributed by atoms with Gasteiger partial charge in [-0.25, -0.2) is 0 Å². The molecule has 1 amide bonds. The maximum absolute atomic E-state index is 12.9. The number of aryl methyl sites for hydroxylation is 3. The Kier molecular flexibility index (Phi) is 8.71. The molecule has 2 aromatic carbocycles. The third-order valence-corrected chi connectivity index (χ3v) is 5.12. The number of benzene rings is 2. The van der Waals surface area contributed by atoms with Crippen molar-refractivity contribution in [1.82, 2.24) is 9.78 Å². The summed E-state index contributed by atoms with van der Waals surface area (Å²) in [4.78, 5) is 12.9. The van der Waals surface area contributed by atoms with E-state index in [4.69, 9.17) is 18.9 Å². The molecular weight excluding hydrogens is 422 g/mol. The summed E-state index contributed by atoms with van der Waals surface area (Å²) in [6.07, 6.45) is 3.99. The molecule has 8 heteroatoms. The fourth-order valence-corrected chi connectivity index (χ4v) is 3.42. The van der Waals surface area contributed by atoms with Crippen molar-refractivity contribution in [2.45, 2.75) is 19.3 Å². The van der Waals surface area contributed by atoms with Crippen LogP contribution in [0.1, 0.15) is 27.9 Å². The lowest BCUT2D eigenvalue weighted by Gasteiger charge is -2.13. The van der Waals surface area contributed by atoms with E-state index in [2.05, 4.69) is 10.4 Å². The second kappa shape index (κ2) is 11.9. The lowest BCUT2D eigenvalue weighted by Crippen LogP contribution is -2.13. The summed E-state index contributed by atoms with van der Waals surface area (Å²) < 4.78 is 23.4. The first-order valence-electron chi connectivity index (χ1n) is 10.8. The van der Waals surface area contributed by atoms with Gasteiger partial charge in [0.2, 0.25) is 0 Å². The van der Waals surface area contributed by atoms with Gasteiger partial charge in [-0.15, -0.1) is 0 Å². The first kappa shape index (κ1) is 24.1. The Bertz CT molecular complexity index is 1060. The van der Waals surface area contributed by atoms with Crippen molar-refractivity contribution in [3.05, 3.63) is 65.4 Å². The van der Waals surface area contributed by atoms with Gasteiger partial charge in [-0.1, -0.05) is 6.07 Å². The maximum Gasteiger partial charge on any atom is 0.257 e. The SMILES string of the molecule is COCCCOc1cc(CCc2ccc(OC)cc2OC)cc(C(=O)Nc2ccn(C)n2)c1. The maximum atomic E-state index is 12.9. The van der Waals surface area contributed by atoms with Gasteiger partial charge in [0, 0.05) is 51.1 Å². The van der Waals surface area contributed by atoms with Crippen LogP contribution in [0.15, 0.2) is 48.7 Å². The van der Waals surface area contributed by atoms with Crippen LogP contribution in [0.5, 0.6) is 17.2 Å². The molecule has 1 aromatic heterocycles. The van der Waals surface area contributed by atoms with Crippen LogP contribution in [0, 0.1) is 0 Å². The van der Waals surface area contributed by atoms with E-state index in [9.17, 15) is 4.79 Å². The van der Waals surface area contributed by atoms with Gasteiger partial charge in [0.05, 0.1) is 20.8 Å². The van der Waals surface area contributed by atoms with E-state index in [0.717, 1.165) is 35.5 Å². The number of ether oxygens (including phenoxy) is 4. The number of aromatic nitrogens is 2. The number of methoxy groups -OCH3 is 3. The van der Waals surface area contributed by atoms with Gasteiger partial charge in [0.25, 0.3) is 5.91 Å². The number of hydrogen-bond acceptors (Lipinski definition) is 6. The molecule has 3 aromatic rings. The minimum atomic E-state index is -0.237. The summed E-state index contributed by atoms with van der Waals surface area (Å²) in [6, 6.07) is 13.1. The molecule has 0 radical (unpaired) electrons. The van der Waals surface area contributed by atoms with E-state index >= 15 is 0 Å². The lowest BCUT2D eigenvalue weighted by atomic mass is 10.0. The van der Waals surface area contributed by atoms with Crippen LogP contribution in [0.25, 0.3) is 0 Å². The van der Waals surface area contributed by atoms with E-state index in [1.807, 2.05) is 30.3 Å². The fraction of sp³-hybridized carbons (Fsp3) is 0.360. The molecule has 0 fully saturated rings. The van der Waals surface area contributed by atoms with Crippen LogP contribution in [-0.2, 0) is 24.6 Å². The van der Waals surface area contributed by atoms with Crippen LogP contribution in [-0.4, -0.2) is 50.2 Å². The van der Waals surface area contributed by atoms with Crippen molar-refractivity contribution >= 4 is 11.7 Å². The van der Waals surface area contributed by atoms with Crippen LogP contribution >= 0.6 is 0 Å². The zero-order valence-corrected chi connectivity index (χ0v) is 19.6. The van der Waals surface area contributed by atoms with Gasteiger partial charge >= 0.3 is 0 Å². The van der Waals surface area contributed by atoms with Crippen LogP contribution < -0.4 is 19.5 Å². The predicted molar refractivity (Wildman–Crippen MR) is 127 cm³/mol. The van der Waals surface area contributed by atoms with Crippen molar-refractivity contribution in [3.8, 4) is 17.2 Å². The molecule has 0 unspecified atom stereocenters. The average Bonchev–Trinajstić information content (AvgIpc) is 3.24. The summed E-state index contributed by atoms with van der Waals surface area (Å²) in [5.41, 5.74) is 2.56. The minimum absolute atomic E-state index is 0.237. The molecule has 3 rings (SSSR count). The molecule has 176 valence electrons. The highest BCUT2D eigenvalue weighted by atomic mass is 16.5. The van der Waals surface area contributed by atoms with Crippen molar-refractivity contribution in [1.29, 1.82) is 0 Å². The number of hydrogen-bond donors (Lipinski definition) is 1. The Morgan fingerprint density at radius 2 is 1.82 bits per heavy atom. The smallest absolute Gasteiger partial charge is 0.257 e. The Labute approximate surface area is 194 Å². The quantitative estimate of drug-likeness (QED) is 0.419. The van der Waals surface area contributed by atoms with Crippen molar-refractivity contribution < 1.29 is 23.7 Å². The van der Waals surface area contributed by atoms with Crippen LogP contribution in [0.3, 0.4) is 0 Å². The topological polar surface area (TPSA) is 83.8 Å². The summed E-state index contributed by atoms with van der Waals surface area (Å²) in [7, 11) is 6.74. The number of anilines is 1. The van der Waals surface area contributed by atoms with E-state index in [1.54, 1.807) is 51.4 Å². The highest BCUT2D eigenvalue weighted by Crippen LogP contribution is 2.27. The molecule has 0 saturated carbocycles. The van der Waals surface area contributed by atoms with Gasteiger partial charge in [-0.05, 0) is 48.2 Å². The molecule has 0 aliphatic rings. The first-order chi connectivity index (χ1) is 16.0. The highest BCUT2D eigenvalue weighted by molar-refractivity contribution is 6.04. The number of nitrogens with zero attached hydrogens (tertiary/aromatic N) is 2. The van der Waals surface area contributed by atoms with E-state index in [0.29, 0.717) is 36.8 Å². The number of amides is 1. The third kappa shape index (κ3) is 6.98. The summed E-state index contributed by atoms with van der Waals surface area (Å²) >= 11 is 0. The average molecular weight is 454 g/mol. The highest BCUT2D eigenvalue weighted by Gasteiger charge is 2.13. The zero-order chi connectivity index (χ0) is 23.6. The Morgan fingerprint density at radius 3 is 2.52 bits per heavy atom.